The summed E-state index contributed by atoms with van der Waals surface area (Å²) in [6.45, 7) is 2.40. The smallest absolute Gasteiger partial charge is 0.293 e. The lowest BCUT2D eigenvalue weighted by atomic mass is 10.2. The predicted molar refractivity (Wildman–Crippen MR) is 113 cm³/mol. The highest BCUT2D eigenvalue weighted by Crippen LogP contribution is 2.33. The number of nitrogens with one attached hydrogen (secondary N) is 1. The number of carbonyl (C=O) groups excluding carboxylic acids is 1. The minimum atomic E-state index is -0.392. The number of anilines is 1. The predicted octanol–water partition coefficient (Wildman–Crippen LogP) is 6.51. The van der Waals surface area contributed by atoms with Crippen molar-refractivity contribution < 1.29 is 13.9 Å². The summed E-state index contributed by atoms with van der Waals surface area (Å²) in [7, 11) is 0. The number of hydrogen-bond donors (Lipinski definition) is 1. The number of halogens is 2. The zero-order valence-corrected chi connectivity index (χ0v) is 17.0. The second-order valence-corrected chi connectivity index (χ2v) is 7.54. The minimum Gasteiger partial charge on any atom is -0.490 e. The molecule has 0 aliphatic rings. The highest BCUT2D eigenvalue weighted by atomic mass is 35.5. The molecule has 0 aliphatic heterocycles. The number of amides is 1. The normalized spacial score (nSPS) is 11.0. The lowest BCUT2D eigenvalue weighted by molar-refractivity contribution is 0.0998. The van der Waals surface area contributed by atoms with Gasteiger partial charge in [-0.05, 0) is 37.3 Å². The van der Waals surface area contributed by atoms with Crippen LogP contribution < -0.4 is 10.1 Å². The quantitative estimate of drug-likeness (QED) is 0.390. The highest BCUT2D eigenvalue weighted by Gasteiger charge is 2.17. The average Bonchev–Trinajstić information content (AvgIpc) is 3.31. The fourth-order valence-electron chi connectivity index (χ4n) is 2.72. The monoisotopic (exact) mass is 432 g/mol. The molecular weight excluding hydrogens is 419 g/mol. The van der Waals surface area contributed by atoms with Crippen molar-refractivity contribution in [3.63, 3.8) is 0 Å². The summed E-state index contributed by atoms with van der Waals surface area (Å²) in [5.41, 5.74) is 1.88. The van der Waals surface area contributed by atoms with E-state index in [4.69, 9.17) is 32.4 Å². The van der Waals surface area contributed by atoms with Crippen LogP contribution in [0.1, 0.15) is 17.5 Å². The molecule has 4 rings (SSSR count). The number of hydrogen-bond acceptors (Lipinski definition) is 5. The van der Waals surface area contributed by atoms with Crippen molar-refractivity contribution >= 4 is 56.5 Å². The third kappa shape index (κ3) is 3.71. The van der Waals surface area contributed by atoms with Crippen LogP contribution in [0.3, 0.4) is 0 Å². The Balaban J connectivity index is 1.58. The molecule has 0 unspecified atom stereocenters. The number of benzene rings is 2. The van der Waals surface area contributed by atoms with E-state index in [0.717, 1.165) is 5.39 Å². The summed E-state index contributed by atoms with van der Waals surface area (Å²) in [6.07, 6.45) is 0. The molecule has 0 aliphatic carbocycles. The first kappa shape index (κ1) is 18.8. The van der Waals surface area contributed by atoms with Gasteiger partial charge in [-0.3, -0.25) is 10.1 Å². The lowest BCUT2D eigenvalue weighted by Crippen LogP contribution is -2.10. The van der Waals surface area contributed by atoms with E-state index < -0.39 is 5.91 Å². The molecule has 1 N–H and O–H groups in total. The molecule has 0 saturated carbocycles. The zero-order chi connectivity index (χ0) is 19.7. The third-order valence-electron chi connectivity index (χ3n) is 3.96. The first-order chi connectivity index (χ1) is 13.5. The molecule has 8 heteroatoms. The second kappa shape index (κ2) is 7.83. The Kier molecular flexibility index (Phi) is 5.26. The summed E-state index contributed by atoms with van der Waals surface area (Å²) >= 11 is 13.5. The van der Waals surface area contributed by atoms with Crippen LogP contribution in [-0.2, 0) is 0 Å². The van der Waals surface area contributed by atoms with E-state index in [-0.39, 0.29) is 5.76 Å². The van der Waals surface area contributed by atoms with Crippen LogP contribution in [0.2, 0.25) is 10.0 Å². The van der Waals surface area contributed by atoms with Gasteiger partial charge in [0.25, 0.3) is 5.91 Å². The number of rotatable bonds is 5. The van der Waals surface area contributed by atoms with Crippen molar-refractivity contribution in [2.45, 2.75) is 6.92 Å². The Hall–Kier alpha value is -2.54. The molecule has 2 heterocycles. The minimum absolute atomic E-state index is 0.180. The molecular formula is C20H14Cl2N2O3S. The van der Waals surface area contributed by atoms with Crippen LogP contribution in [-0.4, -0.2) is 17.5 Å². The van der Waals surface area contributed by atoms with Gasteiger partial charge < -0.3 is 9.15 Å². The Morgan fingerprint density at radius 3 is 2.93 bits per heavy atom. The number of para-hydroxylation sites is 1. The van der Waals surface area contributed by atoms with Crippen molar-refractivity contribution in [3.05, 3.63) is 63.7 Å². The molecule has 4 aromatic rings. The third-order valence-corrected chi connectivity index (χ3v) is 5.28. The summed E-state index contributed by atoms with van der Waals surface area (Å²) in [5, 5.41) is 6.88. The summed E-state index contributed by atoms with van der Waals surface area (Å²) < 4.78 is 11.3. The van der Waals surface area contributed by atoms with Gasteiger partial charge in [-0.1, -0.05) is 35.3 Å². The molecule has 0 fully saturated rings. The van der Waals surface area contributed by atoms with Crippen LogP contribution in [0, 0.1) is 0 Å². The molecule has 1 amide bonds. The zero-order valence-electron chi connectivity index (χ0n) is 14.7. The van der Waals surface area contributed by atoms with Crippen LogP contribution >= 0.6 is 34.5 Å². The molecule has 5 nitrogen and oxygen atoms in total. The maximum atomic E-state index is 12.6. The van der Waals surface area contributed by atoms with Crippen molar-refractivity contribution in [1.82, 2.24) is 4.98 Å². The molecule has 28 heavy (non-hydrogen) atoms. The fraction of sp³-hybridized carbons (Fsp3) is 0.100. The lowest BCUT2D eigenvalue weighted by Gasteiger charge is -2.02. The molecule has 0 atom stereocenters. The first-order valence-corrected chi connectivity index (χ1v) is 10.1. The number of ether oxygens (including phenoxy) is 1. The van der Waals surface area contributed by atoms with Gasteiger partial charge in [0.1, 0.15) is 0 Å². The summed E-state index contributed by atoms with van der Waals surface area (Å²) in [5.74, 6) is 0.391. The Labute approximate surface area is 174 Å². The van der Waals surface area contributed by atoms with Gasteiger partial charge in [-0.15, -0.1) is 11.3 Å². The summed E-state index contributed by atoms with van der Waals surface area (Å²) in [4.78, 5) is 17.0. The molecule has 0 spiro atoms. The topological polar surface area (TPSA) is 64.4 Å². The molecule has 0 bridgehead atoms. The average molecular weight is 433 g/mol. The van der Waals surface area contributed by atoms with Gasteiger partial charge in [0.15, 0.2) is 22.2 Å². The Bertz CT molecular complexity index is 1170. The SMILES string of the molecule is CCOc1cccc2cc(C(=O)Nc3nc(-c4cc(Cl)ccc4Cl)cs3)oc12. The van der Waals surface area contributed by atoms with Crippen molar-refractivity contribution in [3.8, 4) is 17.0 Å². The van der Waals surface area contributed by atoms with Crippen LogP contribution in [0.4, 0.5) is 5.13 Å². The van der Waals surface area contributed by atoms with Crippen LogP contribution in [0.25, 0.3) is 22.2 Å². The molecule has 2 aromatic heterocycles. The Morgan fingerprint density at radius 2 is 2.11 bits per heavy atom. The summed E-state index contributed by atoms with van der Waals surface area (Å²) in [6, 6.07) is 12.3. The van der Waals surface area contributed by atoms with Gasteiger partial charge in [0.2, 0.25) is 0 Å². The largest absolute Gasteiger partial charge is 0.490 e. The highest BCUT2D eigenvalue weighted by molar-refractivity contribution is 7.14. The van der Waals surface area contributed by atoms with E-state index in [1.165, 1.54) is 11.3 Å². The standard InChI is InChI=1S/C20H14Cl2N2O3S/c1-2-26-16-5-3-4-11-8-17(27-18(11)16)19(25)24-20-23-15(10-28-20)13-9-12(21)6-7-14(13)22/h3-10H,2H2,1H3,(H,23,24,25). The van der Waals surface area contributed by atoms with Crippen molar-refractivity contribution in [1.29, 1.82) is 0 Å². The maximum absolute atomic E-state index is 12.6. The van der Waals surface area contributed by atoms with Gasteiger partial charge in [0, 0.05) is 21.4 Å². The van der Waals surface area contributed by atoms with Gasteiger partial charge in [0.05, 0.1) is 17.3 Å². The number of carbonyl (C=O) groups is 1. The number of fused-ring (bicyclic) bond motifs is 1. The number of thiazole rings is 1. The maximum Gasteiger partial charge on any atom is 0.293 e. The number of aromatic nitrogens is 1. The van der Waals surface area contributed by atoms with Crippen LogP contribution in [0.15, 0.2) is 52.3 Å². The van der Waals surface area contributed by atoms with E-state index in [1.807, 2.05) is 19.1 Å². The second-order valence-electron chi connectivity index (χ2n) is 5.83. The van der Waals surface area contributed by atoms with Crippen LogP contribution in [0.5, 0.6) is 5.75 Å². The molecule has 2 aromatic carbocycles. The van der Waals surface area contributed by atoms with E-state index in [2.05, 4.69) is 10.3 Å². The van der Waals surface area contributed by atoms with E-state index >= 15 is 0 Å². The molecule has 0 saturated heterocycles. The van der Waals surface area contributed by atoms with E-state index in [0.29, 0.717) is 44.4 Å². The van der Waals surface area contributed by atoms with Gasteiger partial charge in [-0.2, -0.15) is 0 Å². The van der Waals surface area contributed by atoms with Crippen molar-refractivity contribution in [2.75, 3.05) is 11.9 Å². The molecule has 0 radical (unpaired) electrons. The van der Waals surface area contributed by atoms with Crippen molar-refractivity contribution in [2.24, 2.45) is 0 Å². The first-order valence-electron chi connectivity index (χ1n) is 8.43. The Morgan fingerprint density at radius 1 is 1.25 bits per heavy atom. The number of furan rings is 1. The van der Waals surface area contributed by atoms with E-state index in [9.17, 15) is 4.79 Å². The fourth-order valence-corrected chi connectivity index (χ4v) is 3.82. The van der Waals surface area contributed by atoms with E-state index in [1.54, 1.807) is 35.7 Å². The van der Waals surface area contributed by atoms with Gasteiger partial charge >= 0.3 is 0 Å². The number of nitrogens with zero attached hydrogens (tertiary/aromatic N) is 1. The van der Waals surface area contributed by atoms with Gasteiger partial charge in [-0.25, -0.2) is 4.98 Å². The molecule has 142 valence electrons.